The van der Waals surface area contributed by atoms with Crippen LogP contribution >= 0.6 is 0 Å². The largest absolute Gasteiger partial charge is 0.497 e. The van der Waals surface area contributed by atoms with Gasteiger partial charge in [-0.15, -0.1) is 6.58 Å². The van der Waals surface area contributed by atoms with Crippen molar-refractivity contribution < 1.29 is 51.3 Å². The summed E-state index contributed by atoms with van der Waals surface area (Å²) in [4.78, 5) is 50.8. The topological polar surface area (TPSA) is 132 Å². The molecule has 2 aromatic heterocycles. The maximum absolute atomic E-state index is 15.1. The number of aliphatic hydroxyl groups is 1. The predicted octanol–water partition coefficient (Wildman–Crippen LogP) is 9.13. The van der Waals surface area contributed by atoms with E-state index in [0.717, 1.165) is 17.5 Å². The third-order valence-electron chi connectivity index (χ3n) is 10.5. The normalized spacial score (nSPS) is 15.2. The monoisotopic (exact) mass is 847 g/mol. The number of esters is 1. The highest BCUT2D eigenvalue weighted by Gasteiger charge is 2.51. The second-order valence-corrected chi connectivity index (χ2v) is 14.7. The Bertz CT molecular complexity index is 2570. The number of alkyl halides is 3. The molecule has 0 saturated carbocycles. The molecule has 3 heterocycles. The number of nitrogens with zero attached hydrogens (tertiary/aromatic N) is 3. The van der Waals surface area contributed by atoms with Gasteiger partial charge in [0.15, 0.2) is 0 Å². The first-order valence-electron chi connectivity index (χ1n) is 19.9. The summed E-state index contributed by atoms with van der Waals surface area (Å²) in [6.07, 6.45) is -3.79. The number of methoxy groups -OCH3 is 1. The van der Waals surface area contributed by atoms with E-state index < -0.39 is 47.7 Å². The lowest BCUT2D eigenvalue weighted by molar-refractivity contribution is -0.148. The number of ether oxygens (including phenoxy) is 3. The van der Waals surface area contributed by atoms with Crippen molar-refractivity contribution in [2.75, 3.05) is 25.2 Å². The molecule has 1 aliphatic heterocycles. The average molecular weight is 848 g/mol. The van der Waals surface area contributed by atoms with Crippen molar-refractivity contribution in [1.29, 1.82) is 0 Å². The van der Waals surface area contributed by atoms with E-state index in [1.807, 2.05) is 18.2 Å². The number of rotatable bonds is 16. The summed E-state index contributed by atoms with van der Waals surface area (Å²) >= 11 is 0. The van der Waals surface area contributed by atoms with Crippen LogP contribution in [0.15, 0.2) is 132 Å². The Morgan fingerprint density at radius 1 is 0.952 bits per heavy atom. The smallest absolute Gasteiger partial charge is 0.416 e. The van der Waals surface area contributed by atoms with Gasteiger partial charge in [0.1, 0.15) is 34.8 Å². The van der Waals surface area contributed by atoms with Crippen molar-refractivity contribution in [2.24, 2.45) is 0 Å². The molecule has 0 fully saturated rings. The van der Waals surface area contributed by atoms with Gasteiger partial charge >= 0.3 is 12.1 Å². The molecule has 0 aliphatic carbocycles. The van der Waals surface area contributed by atoms with E-state index in [-0.39, 0.29) is 55.4 Å². The van der Waals surface area contributed by atoms with Gasteiger partial charge in [-0.2, -0.15) is 13.2 Å². The molecule has 1 aliphatic rings. The van der Waals surface area contributed by atoms with Crippen LogP contribution in [-0.2, 0) is 33.5 Å². The lowest BCUT2D eigenvalue weighted by Crippen LogP contribution is -2.53. The van der Waals surface area contributed by atoms with Crippen molar-refractivity contribution in [2.45, 2.75) is 57.1 Å². The average Bonchev–Trinajstić information content (AvgIpc) is 3.87. The molecule has 4 aromatic carbocycles. The summed E-state index contributed by atoms with van der Waals surface area (Å²) in [5, 5.41) is 10.3. The maximum Gasteiger partial charge on any atom is 0.416 e. The van der Waals surface area contributed by atoms with Crippen LogP contribution < -0.4 is 14.4 Å². The Morgan fingerprint density at radius 2 is 1.73 bits per heavy atom. The molecule has 62 heavy (non-hydrogen) atoms. The quantitative estimate of drug-likeness (QED) is 0.0576. The van der Waals surface area contributed by atoms with Crippen molar-refractivity contribution in [3.05, 3.63) is 156 Å². The van der Waals surface area contributed by atoms with Gasteiger partial charge in [0.05, 0.1) is 55.5 Å². The number of fused-ring (bicyclic) bond motifs is 2. The van der Waals surface area contributed by atoms with E-state index in [9.17, 15) is 23.1 Å². The summed E-state index contributed by atoms with van der Waals surface area (Å²) < 4.78 is 64.7. The molecule has 0 spiro atoms. The molecule has 0 radical (unpaired) electrons. The number of anilines is 1. The second-order valence-electron chi connectivity index (χ2n) is 14.7. The Morgan fingerprint density at radius 3 is 2.45 bits per heavy atom. The van der Waals surface area contributed by atoms with Crippen molar-refractivity contribution in [3.8, 4) is 22.8 Å². The Labute approximate surface area is 355 Å². The van der Waals surface area contributed by atoms with E-state index in [1.165, 1.54) is 42.0 Å². The SMILES string of the molecule is C=CCC(OC(C)=O)[C@@H]1[C@@H](N(Cc2ccc(-c3cccc(C(F)(F)F)c3)o2)C(=O)Cc2ccc(OC)cc2)c2cc(OCCCO)ccc2N1C(=O)c1ccc2ccccc2n1. The lowest BCUT2D eigenvalue weighted by Gasteiger charge is -2.39. The number of halogens is 3. The van der Waals surface area contributed by atoms with Crippen LogP contribution in [0.2, 0.25) is 0 Å². The van der Waals surface area contributed by atoms with Gasteiger partial charge in [0, 0.05) is 42.9 Å². The van der Waals surface area contributed by atoms with Crippen LogP contribution in [0.5, 0.6) is 11.5 Å². The zero-order valence-corrected chi connectivity index (χ0v) is 34.0. The van der Waals surface area contributed by atoms with E-state index in [4.69, 9.17) is 23.6 Å². The fourth-order valence-corrected chi connectivity index (χ4v) is 7.72. The van der Waals surface area contributed by atoms with E-state index in [0.29, 0.717) is 40.3 Å². The highest BCUT2D eigenvalue weighted by atomic mass is 19.4. The van der Waals surface area contributed by atoms with Gasteiger partial charge in [-0.3, -0.25) is 19.3 Å². The summed E-state index contributed by atoms with van der Waals surface area (Å²) in [5.41, 5.74) is 1.49. The number of carbonyl (C=O) groups excluding carboxylic acids is 3. The summed E-state index contributed by atoms with van der Waals surface area (Å²) in [5.74, 6) is -0.252. The number of furan rings is 1. The summed E-state index contributed by atoms with van der Waals surface area (Å²) in [6.45, 7) is 5.01. The fraction of sp³-hybridized carbons (Fsp3) is 0.250. The van der Waals surface area contributed by atoms with Crippen molar-refractivity contribution in [3.63, 3.8) is 0 Å². The van der Waals surface area contributed by atoms with Crippen LogP contribution in [0.4, 0.5) is 18.9 Å². The molecule has 7 rings (SSSR count). The number of para-hydroxylation sites is 1. The van der Waals surface area contributed by atoms with E-state index in [1.54, 1.807) is 72.8 Å². The molecule has 0 saturated heterocycles. The van der Waals surface area contributed by atoms with Crippen LogP contribution in [0, 0.1) is 0 Å². The van der Waals surface area contributed by atoms with Gasteiger partial charge in [-0.25, -0.2) is 4.98 Å². The van der Waals surface area contributed by atoms with Gasteiger partial charge in [-0.1, -0.05) is 54.6 Å². The minimum Gasteiger partial charge on any atom is -0.497 e. The zero-order valence-electron chi connectivity index (χ0n) is 34.0. The molecule has 6 aromatic rings. The minimum absolute atomic E-state index is 0.0739. The first-order valence-corrected chi connectivity index (χ1v) is 19.9. The molecule has 2 amide bonds. The van der Waals surface area contributed by atoms with Crippen LogP contribution in [0.3, 0.4) is 0 Å². The molecule has 320 valence electrons. The van der Waals surface area contributed by atoms with Gasteiger partial charge in [0.2, 0.25) is 5.91 Å². The molecule has 0 bridgehead atoms. The van der Waals surface area contributed by atoms with Crippen molar-refractivity contribution in [1.82, 2.24) is 9.88 Å². The van der Waals surface area contributed by atoms with Gasteiger partial charge in [-0.05, 0) is 72.3 Å². The van der Waals surface area contributed by atoms with Crippen LogP contribution in [-0.4, -0.2) is 65.2 Å². The highest BCUT2D eigenvalue weighted by molar-refractivity contribution is 6.08. The Hall–Kier alpha value is -6.93. The molecule has 3 atom stereocenters. The summed E-state index contributed by atoms with van der Waals surface area (Å²) in [7, 11) is 1.53. The first kappa shape index (κ1) is 43.2. The second kappa shape index (κ2) is 18.8. The molecular weight excluding hydrogens is 804 g/mol. The number of hydrogen-bond acceptors (Lipinski definition) is 9. The summed E-state index contributed by atoms with van der Waals surface area (Å²) in [6, 6.07) is 28.5. The zero-order chi connectivity index (χ0) is 44.0. The van der Waals surface area contributed by atoms with E-state index >= 15 is 9.59 Å². The fourth-order valence-electron chi connectivity index (χ4n) is 7.72. The lowest BCUT2D eigenvalue weighted by atomic mass is 9.94. The number of aromatic nitrogens is 1. The molecule has 11 nitrogen and oxygen atoms in total. The number of benzene rings is 4. The van der Waals surface area contributed by atoms with E-state index in [2.05, 4.69) is 6.58 Å². The first-order chi connectivity index (χ1) is 29.9. The molecular formula is C48H44F3N3O8. The highest BCUT2D eigenvalue weighted by Crippen LogP contribution is 2.48. The van der Waals surface area contributed by atoms with Gasteiger partial charge < -0.3 is 28.6 Å². The molecule has 1 unspecified atom stereocenters. The van der Waals surface area contributed by atoms with Crippen LogP contribution in [0.1, 0.15) is 58.7 Å². The molecule has 14 heteroatoms. The third-order valence-corrected chi connectivity index (χ3v) is 10.5. The number of carbonyl (C=O) groups is 3. The standard InChI is InChI=1S/C48H44F3N3O8/c1-4-9-43(61-30(2)56)46-45(38-28-36(60-25-8-24-55)19-22-41(38)54(46)47(58)40-21-16-32-10-5-6-13-39(32)52-40)53(44(57)26-31-14-17-35(59-3)18-15-31)29-37-20-23-42(62-37)33-11-7-12-34(27-33)48(49,50)51/h4-7,10-23,27-28,43,45-46,55H,1,8-9,24-26,29H2,2-3H3/t43?,45-,46+/m0/s1. The third kappa shape index (κ3) is 9.50. The minimum atomic E-state index is -4.59. The maximum atomic E-state index is 15.1. The number of hydrogen-bond donors (Lipinski definition) is 1. The van der Waals surface area contributed by atoms with Crippen LogP contribution in [0.25, 0.3) is 22.2 Å². The number of amides is 2. The number of pyridine rings is 1. The van der Waals surface area contributed by atoms with Gasteiger partial charge in [0.25, 0.3) is 5.91 Å². The van der Waals surface area contributed by atoms with Crippen molar-refractivity contribution >= 4 is 34.4 Å². The molecule has 1 N–H and O–H groups in total. The number of aliphatic hydroxyl groups excluding tert-OH is 1. The predicted molar refractivity (Wildman–Crippen MR) is 225 cm³/mol. The Kier molecular flexibility index (Phi) is 13.1. The Balaban J connectivity index is 1.40.